The third-order valence-corrected chi connectivity index (χ3v) is 6.97. The van der Waals surface area contributed by atoms with Crippen molar-refractivity contribution >= 4 is 45.1 Å². The van der Waals surface area contributed by atoms with Crippen molar-refractivity contribution in [2.24, 2.45) is 0 Å². The summed E-state index contributed by atoms with van der Waals surface area (Å²) in [5.74, 6) is -0.381. The van der Waals surface area contributed by atoms with E-state index in [0.29, 0.717) is 15.6 Å². The van der Waals surface area contributed by atoms with Crippen LogP contribution in [0.1, 0.15) is 23.2 Å². The quantitative estimate of drug-likeness (QED) is 0.586. The maximum Gasteiger partial charge on any atom is 0.322 e. The number of aromatic nitrogens is 2. The van der Waals surface area contributed by atoms with E-state index in [1.165, 1.54) is 28.6 Å². The second-order valence-corrected chi connectivity index (χ2v) is 9.67. The summed E-state index contributed by atoms with van der Waals surface area (Å²) in [5.41, 5.74) is 0.753. The highest BCUT2D eigenvalue weighted by molar-refractivity contribution is 7.89. The number of hydrogen-bond donors (Lipinski definition) is 1. The molecular weight excluding hydrogens is 451 g/mol. The van der Waals surface area contributed by atoms with Crippen LogP contribution in [-0.4, -0.2) is 41.9 Å². The SMILES string of the molecule is CN(C1CC1)S(=O)(=O)c1ccc(C(=O)Nc2nnc(-c3cc(Cl)cc(Cl)c3)o2)cc1. The van der Waals surface area contributed by atoms with Gasteiger partial charge in [-0.3, -0.25) is 10.1 Å². The maximum absolute atomic E-state index is 12.5. The molecule has 0 aliphatic heterocycles. The Hall–Kier alpha value is -2.46. The predicted molar refractivity (Wildman–Crippen MR) is 112 cm³/mol. The highest BCUT2D eigenvalue weighted by Gasteiger charge is 2.35. The van der Waals surface area contributed by atoms with Crippen LogP contribution in [0.3, 0.4) is 0 Å². The molecule has 30 heavy (non-hydrogen) atoms. The summed E-state index contributed by atoms with van der Waals surface area (Å²) in [6.07, 6.45) is 1.73. The van der Waals surface area contributed by atoms with Crippen molar-refractivity contribution in [3.63, 3.8) is 0 Å². The monoisotopic (exact) mass is 466 g/mol. The van der Waals surface area contributed by atoms with E-state index >= 15 is 0 Å². The summed E-state index contributed by atoms with van der Waals surface area (Å²) in [6.45, 7) is 0. The summed E-state index contributed by atoms with van der Waals surface area (Å²) in [6, 6.07) is 10.4. The van der Waals surface area contributed by atoms with Crippen molar-refractivity contribution in [2.75, 3.05) is 12.4 Å². The van der Waals surface area contributed by atoms with Gasteiger partial charge in [-0.15, -0.1) is 5.10 Å². The first-order valence-electron chi connectivity index (χ1n) is 8.93. The molecular formula is C19H16Cl2N4O4S. The summed E-state index contributed by atoms with van der Waals surface area (Å²) in [4.78, 5) is 12.6. The summed E-state index contributed by atoms with van der Waals surface area (Å²) in [7, 11) is -2.01. The summed E-state index contributed by atoms with van der Waals surface area (Å²) >= 11 is 11.9. The van der Waals surface area contributed by atoms with Crippen molar-refractivity contribution in [3.05, 3.63) is 58.1 Å². The Morgan fingerprint density at radius 1 is 1.10 bits per heavy atom. The minimum absolute atomic E-state index is 0.0547. The fourth-order valence-corrected chi connectivity index (χ4v) is 4.76. The zero-order valence-electron chi connectivity index (χ0n) is 15.7. The van der Waals surface area contributed by atoms with Crippen molar-refractivity contribution in [1.82, 2.24) is 14.5 Å². The largest absolute Gasteiger partial charge is 0.403 e. The standard InChI is InChI=1S/C19H16Cl2N4O4S/c1-25(15-4-5-15)30(27,28)16-6-2-11(3-7-16)17(26)22-19-24-23-18(29-19)12-8-13(20)10-14(21)9-12/h2-3,6-10,15H,4-5H2,1H3,(H,22,24,26). The number of carbonyl (C=O) groups is 1. The van der Waals surface area contributed by atoms with Crippen LogP contribution >= 0.6 is 23.2 Å². The van der Waals surface area contributed by atoms with Gasteiger partial charge in [-0.1, -0.05) is 28.3 Å². The van der Waals surface area contributed by atoms with Gasteiger partial charge in [0.25, 0.3) is 5.91 Å². The molecule has 1 fully saturated rings. The molecule has 8 nitrogen and oxygen atoms in total. The molecule has 1 aromatic heterocycles. The van der Waals surface area contributed by atoms with E-state index < -0.39 is 15.9 Å². The number of benzene rings is 2. The second-order valence-electron chi connectivity index (χ2n) is 6.80. The number of nitrogens with one attached hydrogen (secondary N) is 1. The summed E-state index contributed by atoms with van der Waals surface area (Å²) in [5, 5.41) is 11.0. The normalized spacial score (nSPS) is 14.1. The topological polar surface area (TPSA) is 105 Å². The zero-order chi connectivity index (χ0) is 21.5. The Morgan fingerprint density at radius 3 is 2.33 bits per heavy atom. The number of nitrogens with zero attached hydrogens (tertiary/aromatic N) is 3. The molecule has 0 bridgehead atoms. The van der Waals surface area contributed by atoms with E-state index in [-0.39, 0.29) is 28.4 Å². The first-order valence-corrected chi connectivity index (χ1v) is 11.1. The molecule has 0 atom stereocenters. The molecule has 2 aromatic carbocycles. The van der Waals surface area contributed by atoms with Crippen molar-refractivity contribution in [1.29, 1.82) is 0 Å². The highest BCUT2D eigenvalue weighted by atomic mass is 35.5. The molecule has 1 N–H and O–H groups in total. The first kappa shape index (κ1) is 20.8. The average Bonchev–Trinajstić information content (AvgIpc) is 3.45. The number of halogens is 2. The van der Waals surface area contributed by atoms with E-state index in [0.717, 1.165) is 12.8 Å². The minimum atomic E-state index is -3.57. The van der Waals surface area contributed by atoms with Crippen LogP contribution in [0.5, 0.6) is 0 Å². The van der Waals surface area contributed by atoms with Crippen LogP contribution in [0.4, 0.5) is 6.01 Å². The molecule has 156 valence electrons. The van der Waals surface area contributed by atoms with Gasteiger partial charge in [-0.05, 0) is 55.3 Å². The Labute approximate surface area is 182 Å². The van der Waals surface area contributed by atoms with Crippen LogP contribution in [-0.2, 0) is 10.0 Å². The number of anilines is 1. The van der Waals surface area contributed by atoms with Gasteiger partial charge in [0.1, 0.15) is 0 Å². The average molecular weight is 467 g/mol. The van der Waals surface area contributed by atoms with Gasteiger partial charge in [0, 0.05) is 34.3 Å². The van der Waals surface area contributed by atoms with E-state index in [2.05, 4.69) is 15.5 Å². The zero-order valence-corrected chi connectivity index (χ0v) is 18.0. The lowest BCUT2D eigenvalue weighted by Gasteiger charge is -2.16. The number of rotatable bonds is 6. The Morgan fingerprint density at radius 2 is 1.73 bits per heavy atom. The smallest absolute Gasteiger partial charge is 0.322 e. The van der Waals surface area contributed by atoms with Crippen molar-refractivity contribution in [2.45, 2.75) is 23.8 Å². The van der Waals surface area contributed by atoms with Crippen molar-refractivity contribution < 1.29 is 17.6 Å². The fraction of sp³-hybridized carbons (Fsp3) is 0.211. The maximum atomic E-state index is 12.5. The molecule has 1 saturated carbocycles. The van der Waals surface area contributed by atoms with Gasteiger partial charge in [0.15, 0.2) is 0 Å². The molecule has 4 rings (SSSR count). The lowest BCUT2D eigenvalue weighted by molar-refractivity contribution is 0.102. The Bertz CT molecular complexity index is 1190. The van der Waals surface area contributed by atoms with Crippen LogP contribution in [0, 0.1) is 0 Å². The van der Waals surface area contributed by atoms with Crippen LogP contribution < -0.4 is 5.32 Å². The molecule has 1 aliphatic rings. The molecule has 1 aliphatic carbocycles. The van der Waals surface area contributed by atoms with Crippen molar-refractivity contribution in [3.8, 4) is 11.5 Å². The lowest BCUT2D eigenvalue weighted by atomic mass is 10.2. The number of carbonyl (C=O) groups excluding carboxylic acids is 1. The van der Waals surface area contributed by atoms with Crippen LogP contribution in [0.25, 0.3) is 11.5 Å². The second kappa shape index (κ2) is 7.99. The molecule has 1 heterocycles. The number of sulfonamides is 1. The van der Waals surface area contributed by atoms with Gasteiger partial charge < -0.3 is 4.42 Å². The third kappa shape index (κ3) is 4.34. The van der Waals surface area contributed by atoms with E-state index in [9.17, 15) is 13.2 Å². The number of amides is 1. The van der Waals surface area contributed by atoms with E-state index in [1.54, 1.807) is 25.2 Å². The third-order valence-electron chi connectivity index (χ3n) is 4.61. The molecule has 0 unspecified atom stereocenters. The van der Waals surface area contributed by atoms with Crippen LogP contribution in [0.2, 0.25) is 10.0 Å². The molecule has 0 radical (unpaired) electrons. The highest BCUT2D eigenvalue weighted by Crippen LogP contribution is 2.30. The molecule has 1 amide bonds. The van der Waals surface area contributed by atoms with Gasteiger partial charge >= 0.3 is 6.01 Å². The molecule has 11 heteroatoms. The lowest BCUT2D eigenvalue weighted by Crippen LogP contribution is -2.29. The van der Waals surface area contributed by atoms with Crippen LogP contribution in [0.15, 0.2) is 51.8 Å². The molecule has 3 aromatic rings. The Kier molecular flexibility index (Phi) is 5.54. The van der Waals surface area contributed by atoms with E-state index in [4.69, 9.17) is 27.6 Å². The van der Waals surface area contributed by atoms with Gasteiger partial charge in [-0.2, -0.15) is 4.31 Å². The molecule has 0 saturated heterocycles. The minimum Gasteiger partial charge on any atom is -0.403 e. The van der Waals surface area contributed by atoms with E-state index in [1.807, 2.05) is 0 Å². The first-order chi connectivity index (χ1) is 14.2. The van der Waals surface area contributed by atoms with Gasteiger partial charge in [-0.25, -0.2) is 8.42 Å². The molecule has 0 spiro atoms. The predicted octanol–water partition coefficient (Wildman–Crippen LogP) is 4.08. The fourth-order valence-electron chi connectivity index (χ4n) is 2.82. The summed E-state index contributed by atoms with van der Waals surface area (Å²) < 4.78 is 31.9. The Balaban J connectivity index is 1.47. The number of hydrogen-bond acceptors (Lipinski definition) is 6. The van der Waals surface area contributed by atoms with Gasteiger partial charge in [0.05, 0.1) is 4.90 Å². The van der Waals surface area contributed by atoms with Gasteiger partial charge in [0.2, 0.25) is 15.9 Å².